The van der Waals surface area contributed by atoms with E-state index >= 15 is 0 Å². The summed E-state index contributed by atoms with van der Waals surface area (Å²) in [6.45, 7) is 5.29. The van der Waals surface area contributed by atoms with Gasteiger partial charge >= 0.3 is 0 Å². The van der Waals surface area contributed by atoms with Crippen LogP contribution in [0.1, 0.15) is 38.8 Å². The van der Waals surface area contributed by atoms with E-state index in [0.717, 1.165) is 37.9 Å². The van der Waals surface area contributed by atoms with Gasteiger partial charge in [0.15, 0.2) is 0 Å². The SMILES string of the molecule is CCCNC(CCC)Cc1ccc([N+](=O)[O-])cn1. The maximum Gasteiger partial charge on any atom is 0.287 e. The van der Waals surface area contributed by atoms with Gasteiger partial charge in [-0.2, -0.15) is 0 Å². The fraction of sp³-hybridized carbons (Fsp3) is 0.615. The first-order chi connectivity index (χ1) is 8.67. The van der Waals surface area contributed by atoms with Gasteiger partial charge in [-0.25, -0.2) is 0 Å². The molecule has 0 fully saturated rings. The largest absolute Gasteiger partial charge is 0.314 e. The number of hydrogen-bond donors (Lipinski definition) is 1. The fourth-order valence-corrected chi connectivity index (χ4v) is 1.87. The van der Waals surface area contributed by atoms with Crippen molar-refractivity contribution in [2.75, 3.05) is 6.54 Å². The van der Waals surface area contributed by atoms with Crippen LogP contribution in [-0.4, -0.2) is 22.5 Å². The van der Waals surface area contributed by atoms with Crippen LogP contribution in [0.5, 0.6) is 0 Å². The van der Waals surface area contributed by atoms with Crippen molar-refractivity contribution in [1.82, 2.24) is 10.3 Å². The van der Waals surface area contributed by atoms with Crippen LogP contribution in [-0.2, 0) is 6.42 Å². The third kappa shape index (κ3) is 4.79. The van der Waals surface area contributed by atoms with Crippen LogP contribution in [0.25, 0.3) is 0 Å². The first-order valence-corrected chi connectivity index (χ1v) is 6.50. The Labute approximate surface area is 108 Å². The van der Waals surface area contributed by atoms with E-state index in [1.807, 2.05) is 0 Å². The molecule has 5 nitrogen and oxygen atoms in total. The van der Waals surface area contributed by atoms with E-state index in [9.17, 15) is 10.1 Å². The lowest BCUT2D eigenvalue weighted by molar-refractivity contribution is -0.385. The Balaban J connectivity index is 2.59. The number of rotatable bonds is 8. The van der Waals surface area contributed by atoms with Crippen molar-refractivity contribution < 1.29 is 4.92 Å². The normalized spacial score (nSPS) is 12.3. The minimum absolute atomic E-state index is 0.0484. The zero-order chi connectivity index (χ0) is 13.4. The van der Waals surface area contributed by atoms with Gasteiger partial charge in [0, 0.05) is 24.2 Å². The van der Waals surface area contributed by atoms with E-state index in [1.165, 1.54) is 12.3 Å². The predicted octanol–water partition coefficient (Wildman–Crippen LogP) is 2.70. The van der Waals surface area contributed by atoms with Gasteiger partial charge in [0.05, 0.1) is 4.92 Å². The fourth-order valence-electron chi connectivity index (χ4n) is 1.87. The van der Waals surface area contributed by atoms with Crippen LogP contribution >= 0.6 is 0 Å². The summed E-state index contributed by atoms with van der Waals surface area (Å²) in [7, 11) is 0. The lowest BCUT2D eigenvalue weighted by atomic mass is 10.1. The summed E-state index contributed by atoms with van der Waals surface area (Å²) in [5, 5.41) is 14.0. The Morgan fingerprint density at radius 2 is 2.17 bits per heavy atom. The van der Waals surface area contributed by atoms with Crippen molar-refractivity contribution in [3.63, 3.8) is 0 Å². The molecule has 0 aliphatic heterocycles. The molecule has 0 bridgehead atoms. The highest BCUT2D eigenvalue weighted by Gasteiger charge is 2.10. The maximum absolute atomic E-state index is 10.5. The van der Waals surface area contributed by atoms with Gasteiger partial charge < -0.3 is 5.32 Å². The molecular weight excluding hydrogens is 230 g/mol. The molecule has 1 aromatic rings. The average molecular weight is 251 g/mol. The molecule has 0 aliphatic carbocycles. The summed E-state index contributed by atoms with van der Waals surface area (Å²) in [6.07, 6.45) is 5.48. The number of nitrogens with zero attached hydrogens (tertiary/aromatic N) is 2. The summed E-state index contributed by atoms with van der Waals surface area (Å²) in [5.41, 5.74) is 0.954. The molecule has 1 atom stereocenters. The monoisotopic (exact) mass is 251 g/mol. The van der Waals surface area contributed by atoms with Crippen molar-refractivity contribution in [1.29, 1.82) is 0 Å². The molecule has 0 saturated heterocycles. The predicted molar refractivity (Wildman–Crippen MR) is 71.6 cm³/mol. The topological polar surface area (TPSA) is 68.1 Å². The van der Waals surface area contributed by atoms with Crippen LogP contribution in [0.15, 0.2) is 18.3 Å². The van der Waals surface area contributed by atoms with Gasteiger partial charge in [-0.15, -0.1) is 0 Å². The minimum Gasteiger partial charge on any atom is -0.314 e. The molecule has 0 aliphatic rings. The van der Waals surface area contributed by atoms with Crippen molar-refractivity contribution >= 4 is 5.69 Å². The number of hydrogen-bond acceptors (Lipinski definition) is 4. The van der Waals surface area contributed by atoms with Gasteiger partial charge in [-0.3, -0.25) is 15.1 Å². The number of aromatic nitrogens is 1. The van der Waals surface area contributed by atoms with Gasteiger partial charge in [-0.05, 0) is 25.5 Å². The molecular formula is C13H21N3O2. The van der Waals surface area contributed by atoms with Crippen molar-refractivity contribution in [2.45, 2.75) is 45.6 Å². The highest BCUT2D eigenvalue weighted by molar-refractivity contribution is 5.26. The van der Waals surface area contributed by atoms with E-state index in [4.69, 9.17) is 0 Å². The molecule has 1 N–H and O–H groups in total. The van der Waals surface area contributed by atoms with E-state index in [-0.39, 0.29) is 5.69 Å². The lowest BCUT2D eigenvalue weighted by Crippen LogP contribution is -2.31. The molecule has 18 heavy (non-hydrogen) atoms. The second kappa shape index (κ2) is 7.76. The zero-order valence-electron chi connectivity index (χ0n) is 11.1. The van der Waals surface area contributed by atoms with E-state index < -0.39 is 4.92 Å². The maximum atomic E-state index is 10.5. The summed E-state index contributed by atoms with van der Waals surface area (Å²) in [6, 6.07) is 3.67. The third-order valence-electron chi connectivity index (χ3n) is 2.80. The van der Waals surface area contributed by atoms with Crippen LogP contribution in [0.4, 0.5) is 5.69 Å². The Morgan fingerprint density at radius 3 is 2.67 bits per heavy atom. The summed E-state index contributed by atoms with van der Waals surface area (Å²) >= 11 is 0. The lowest BCUT2D eigenvalue weighted by Gasteiger charge is -2.17. The average Bonchev–Trinajstić information content (AvgIpc) is 2.37. The van der Waals surface area contributed by atoms with Crippen LogP contribution in [0.3, 0.4) is 0 Å². The van der Waals surface area contributed by atoms with Gasteiger partial charge in [0.25, 0.3) is 5.69 Å². The van der Waals surface area contributed by atoms with Crippen molar-refractivity contribution in [3.8, 4) is 0 Å². The highest BCUT2D eigenvalue weighted by Crippen LogP contribution is 2.11. The van der Waals surface area contributed by atoms with E-state index in [1.54, 1.807) is 6.07 Å². The van der Waals surface area contributed by atoms with Crippen LogP contribution in [0.2, 0.25) is 0 Å². The standard InChI is InChI=1S/C13H21N3O2/c1-3-5-11(14-8-4-2)9-12-6-7-13(10-15-12)16(17)18/h6-7,10-11,14H,3-5,8-9H2,1-2H3. The van der Waals surface area contributed by atoms with Crippen molar-refractivity contribution in [3.05, 3.63) is 34.1 Å². The number of nitro groups is 1. The highest BCUT2D eigenvalue weighted by atomic mass is 16.6. The Bertz CT molecular complexity index is 365. The van der Waals surface area contributed by atoms with Crippen LogP contribution in [0, 0.1) is 10.1 Å². The van der Waals surface area contributed by atoms with E-state index in [2.05, 4.69) is 24.1 Å². The van der Waals surface area contributed by atoms with E-state index in [0.29, 0.717) is 6.04 Å². The smallest absolute Gasteiger partial charge is 0.287 e. The molecule has 1 unspecified atom stereocenters. The quantitative estimate of drug-likeness (QED) is 0.569. The first kappa shape index (κ1) is 14.6. The molecule has 0 spiro atoms. The first-order valence-electron chi connectivity index (χ1n) is 6.50. The molecule has 0 radical (unpaired) electrons. The number of pyridine rings is 1. The van der Waals surface area contributed by atoms with Gasteiger partial charge in [0.2, 0.25) is 0 Å². The van der Waals surface area contributed by atoms with Gasteiger partial charge in [0.1, 0.15) is 6.20 Å². The van der Waals surface area contributed by atoms with Crippen molar-refractivity contribution in [2.24, 2.45) is 0 Å². The summed E-state index contributed by atoms with van der Waals surface area (Å²) < 4.78 is 0. The zero-order valence-corrected chi connectivity index (χ0v) is 11.1. The number of nitrogens with one attached hydrogen (secondary N) is 1. The Hall–Kier alpha value is -1.49. The Morgan fingerprint density at radius 1 is 1.39 bits per heavy atom. The second-order valence-corrected chi connectivity index (χ2v) is 4.41. The minimum atomic E-state index is -0.421. The molecule has 0 amide bonds. The van der Waals surface area contributed by atoms with Crippen LogP contribution < -0.4 is 5.32 Å². The third-order valence-corrected chi connectivity index (χ3v) is 2.80. The molecule has 1 rings (SSSR count). The second-order valence-electron chi connectivity index (χ2n) is 4.41. The molecule has 5 heteroatoms. The molecule has 1 heterocycles. The molecule has 1 aromatic heterocycles. The molecule has 100 valence electrons. The summed E-state index contributed by atoms with van der Waals surface area (Å²) in [4.78, 5) is 14.3. The molecule has 0 aromatic carbocycles. The molecule has 0 saturated carbocycles. The van der Waals surface area contributed by atoms with Gasteiger partial charge in [-0.1, -0.05) is 20.3 Å². The summed E-state index contributed by atoms with van der Waals surface area (Å²) in [5.74, 6) is 0. The Kier molecular flexibility index (Phi) is 6.28.